The van der Waals surface area contributed by atoms with Gasteiger partial charge in [-0.15, -0.1) is 0 Å². The van der Waals surface area contributed by atoms with E-state index in [0.29, 0.717) is 37.7 Å². The van der Waals surface area contributed by atoms with Crippen LogP contribution in [0.3, 0.4) is 0 Å². The van der Waals surface area contributed by atoms with E-state index in [4.69, 9.17) is 9.15 Å². The number of aryl methyl sites for hydroxylation is 1. The highest BCUT2D eigenvalue weighted by atomic mass is 32.1. The van der Waals surface area contributed by atoms with Gasteiger partial charge in [-0.2, -0.15) is 0 Å². The average molecular weight is 530 g/mol. The summed E-state index contributed by atoms with van der Waals surface area (Å²) >= 11 is 1.21. The van der Waals surface area contributed by atoms with E-state index in [9.17, 15) is 19.7 Å². The number of nitro benzene ring substituents is 1. The Balaban J connectivity index is 1.60. The van der Waals surface area contributed by atoms with E-state index in [2.05, 4.69) is 4.99 Å². The number of allylic oxidation sites excluding steroid dienone is 1. The number of hydrogen-bond donors (Lipinski definition) is 0. The fourth-order valence-electron chi connectivity index (χ4n) is 4.48. The second-order valence-electron chi connectivity index (χ2n) is 8.67. The van der Waals surface area contributed by atoms with Crippen LogP contribution in [0.4, 0.5) is 5.69 Å². The van der Waals surface area contributed by atoms with E-state index in [1.165, 1.54) is 28.0 Å². The van der Waals surface area contributed by atoms with Crippen LogP contribution in [0.5, 0.6) is 0 Å². The van der Waals surface area contributed by atoms with E-state index >= 15 is 0 Å². The lowest BCUT2D eigenvalue weighted by Crippen LogP contribution is -2.39. The maximum absolute atomic E-state index is 13.7. The van der Waals surface area contributed by atoms with Crippen LogP contribution in [-0.2, 0) is 9.53 Å². The molecule has 0 unspecified atom stereocenters. The number of nitrogens with zero attached hydrogens (tertiary/aromatic N) is 3. The molecule has 0 fully saturated rings. The molecule has 1 atom stereocenters. The Morgan fingerprint density at radius 1 is 1.18 bits per heavy atom. The highest BCUT2D eigenvalue weighted by Crippen LogP contribution is 2.31. The van der Waals surface area contributed by atoms with E-state index in [-0.39, 0.29) is 17.9 Å². The standard InChI is InChI=1S/C28H23N3O6S/c1-4-36-27(33)24-17(3)29-28-30(25(24)18-8-6-5-7-9-18)26(32)23(38-28)15-20-11-13-22(37-20)21-12-10-19(31(34)35)14-16(21)2/h5-15,25H,4H2,1-3H3/b23-15+/t25-/m1/s1. The van der Waals surface area contributed by atoms with Gasteiger partial charge in [0.2, 0.25) is 0 Å². The number of thiazole rings is 1. The minimum Gasteiger partial charge on any atom is -0.463 e. The van der Waals surface area contributed by atoms with Gasteiger partial charge in [0.1, 0.15) is 11.5 Å². The Morgan fingerprint density at radius 3 is 2.63 bits per heavy atom. The van der Waals surface area contributed by atoms with E-state index < -0.39 is 16.9 Å². The Kier molecular flexibility index (Phi) is 6.64. The normalized spacial score (nSPS) is 15.2. The zero-order valence-corrected chi connectivity index (χ0v) is 21.7. The van der Waals surface area contributed by atoms with Gasteiger partial charge in [0, 0.05) is 23.8 Å². The summed E-state index contributed by atoms with van der Waals surface area (Å²) in [6, 6.07) is 16.7. The van der Waals surface area contributed by atoms with Crippen LogP contribution in [0.25, 0.3) is 17.4 Å². The lowest BCUT2D eigenvalue weighted by atomic mass is 9.96. The third kappa shape index (κ3) is 4.50. The van der Waals surface area contributed by atoms with Gasteiger partial charge in [-0.1, -0.05) is 41.7 Å². The minimum absolute atomic E-state index is 0.00425. The summed E-state index contributed by atoms with van der Waals surface area (Å²) in [7, 11) is 0. The van der Waals surface area contributed by atoms with Gasteiger partial charge in [-0.25, -0.2) is 9.79 Å². The van der Waals surface area contributed by atoms with Gasteiger partial charge >= 0.3 is 5.97 Å². The monoisotopic (exact) mass is 529 g/mol. The van der Waals surface area contributed by atoms with E-state index in [0.717, 1.165) is 11.1 Å². The SMILES string of the molecule is CCOC(=O)C1=C(C)N=c2s/c(=C/c3ccc(-c4ccc([N+](=O)[O-])cc4C)o3)c(=O)n2[C@@H]1c1ccccc1. The number of aromatic nitrogens is 1. The van der Waals surface area contributed by atoms with Gasteiger partial charge in [0.25, 0.3) is 11.2 Å². The molecule has 192 valence electrons. The fraction of sp³-hybridized carbons (Fsp3) is 0.179. The predicted octanol–water partition coefficient (Wildman–Crippen LogP) is 4.27. The van der Waals surface area contributed by atoms with Crippen molar-refractivity contribution in [1.29, 1.82) is 0 Å². The summed E-state index contributed by atoms with van der Waals surface area (Å²) < 4.78 is 13.2. The Bertz CT molecular complexity index is 1780. The van der Waals surface area contributed by atoms with Crippen LogP contribution in [0.1, 0.15) is 36.8 Å². The molecule has 2 aromatic heterocycles. The van der Waals surface area contributed by atoms with Crippen molar-refractivity contribution in [2.45, 2.75) is 26.8 Å². The van der Waals surface area contributed by atoms with Gasteiger partial charge < -0.3 is 9.15 Å². The molecule has 2 aromatic carbocycles. The number of carbonyl (C=O) groups excluding carboxylic acids is 1. The van der Waals surface area contributed by atoms with Crippen molar-refractivity contribution in [3.63, 3.8) is 0 Å². The first-order valence-corrected chi connectivity index (χ1v) is 12.7. The highest BCUT2D eigenvalue weighted by Gasteiger charge is 2.33. The maximum atomic E-state index is 13.7. The van der Waals surface area contributed by atoms with Gasteiger partial charge in [-0.05, 0) is 50.1 Å². The molecule has 0 N–H and O–H groups in total. The van der Waals surface area contributed by atoms with Crippen molar-refractivity contribution in [1.82, 2.24) is 4.57 Å². The summed E-state index contributed by atoms with van der Waals surface area (Å²) in [6.07, 6.45) is 1.64. The number of ether oxygens (including phenoxy) is 1. The summed E-state index contributed by atoms with van der Waals surface area (Å²) in [4.78, 5) is 42.2. The fourth-order valence-corrected chi connectivity index (χ4v) is 5.51. The molecule has 0 radical (unpaired) electrons. The minimum atomic E-state index is -0.677. The van der Waals surface area contributed by atoms with Gasteiger partial charge in [0.05, 0.1) is 33.4 Å². The number of nitro groups is 1. The van der Waals surface area contributed by atoms with Crippen LogP contribution >= 0.6 is 11.3 Å². The van der Waals surface area contributed by atoms with Crippen molar-refractivity contribution in [2.24, 2.45) is 4.99 Å². The average Bonchev–Trinajstić information content (AvgIpc) is 3.48. The van der Waals surface area contributed by atoms with Crippen molar-refractivity contribution in [3.05, 3.63) is 119 Å². The van der Waals surface area contributed by atoms with Crippen LogP contribution < -0.4 is 14.9 Å². The topological polar surface area (TPSA) is 117 Å². The number of fused-ring (bicyclic) bond motifs is 1. The number of carbonyl (C=O) groups is 1. The lowest BCUT2D eigenvalue weighted by molar-refractivity contribution is -0.384. The molecule has 0 saturated carbocycles. The summed E-state index contributed by atoms with van der Waals surface area (Å²) in [6.45, 7) is 5.45. The lowest BCUT2D eigenvalue weighted by Gasteiger charge is -2.24. The molecule has 1 aliphatic rings. The van der Waals surface area contributed by atoms with Crippen molar-refractivity contribution in [3.8, 4) is 11.3 Å². The summed E-state index contributed by atoms with van der Waals surface area (Å²) in [5.41, 5.74) is 2.71. The third-order valence-corrected chi connectivity index (χ3v) is 7.20. The first kappa shape index (κ1) is 25.1. The largest absolute Gasteiger partial charge is 0.463 e. The number of hydrogen-bond acceptors (Lipinski definition) is 8. The van der Waals surface area contributed by atoms with Crippen LogP contribution in [0.2, 0.25) is 0 Å². The van der Waals surface area contributed by atoms with Crippen LogP contribution in [0.15, 0.2) is 86.1 Å². The third-order valence-electron chi connectivity index (χ3n) is 6.22. The Labute approximate surface area is 220 Å². The number of esters is 1. The predicted molar refractivity (Wildman–Crippen MR) is 142 cm³/mol. The van der Waals surface area contributed by atoms with Crippen molar-refractivity contribution >= 4 is 29.1 Å². The summed E-state index contributed by atoms with van der Waals surface area (Å²) in [5, 5.41) is 11.1. The Hall–Kier alpha value is -4.57. The maximum Gasteiger partial charge on any atom is 0.338 e. The number of furan rings is 1. The molecule has 0 bridgehead atoms. The molecule has 9 nitrogen and oxygen atoms in total. The zero-order valence-electron chi connectivity index (χ0n) is 20.8. The number of non-ortho nitro benzene ring substituents is 1. The highest BCUT2D eigenvalue weighted by molar-refractivity contribution is 7.07. The Morgan fingerprint density at radius 2 is 1.95 bits per heavy atom. The molecule has 0 spiro atoms. The number of benzene rings is 2. The molecule has 4 aromatic rings. The van der Waals surface area contributed by atoms with Gasteiger partial charge in [-0.3, -0.25) is 19.5 Å². The molecule has 0 amide bonds. The molecule has 1 aliphatic heterocycles. The first-order chi connectivity index (χ1) is 18.3. The molecule has 38 heavy (non-hydrogen) atoms. The molecular formula is C28H23N3O6S. The number of rotatable bonds is 6. The second-order valence-corrected chi connectivity index (χ2v) is 9.68. The van der Waals surface area contributed by atoms with Crippen molar-refractivity contribution < 1.29 is 18.9 Å². The van der Waals surface area contributed by atoms with E-state index in [1.807, 2.05) is 30.3 Å². The summed E-state index contributed by atoms with van der Waals surface area (Å²) in [5.74, 6) is 0.464. The molecular weight excluding hydrogens is 506 g/mol. The second kappa shape index (κ2) is 10.1. The molecule has 5 rings (SSSR count). The molecule has 3 heterocycles. The zero-order chi connectivity index (χ0) is 27.0. The van der Waals surface area contributed by atoms with Gasteiger partial charge in [0.15, 0.2) is 4.80 Å². The smallest absolute Gasteiger partial charge is 0.338 e. The molecule has 10 heteroatoms. The quantitative estimate of drug-likeness (QED) is 0.209. The van der Waals surface area contributed by atoms with Crippen LogP contribution in [0, 0.1) is 17.0 Å². The first-order valence-electron chi connectivity index (χ1n) is 11.9. The van der Waals surface area contributed by atoms with E-state index in [1.54, 1.807) is 45.0 Å². The molecule has 0 aliphatic carbocycles. The van der Waals surface area contributed by atoms with Crippen molar-refractivity contribution in [2.75, 3.05) is 6.61 Å². The molecule has 0 saturated heterocycles. The van der Waals surface area contributed by atoms with Crippen LogP contribution in [-0.4, -0.2) is 22.1 Å².